The average molecular weight is 353 g/mol. The van der Waals surface area contributed by atoms with E-state index in [0.717, 1.165) is 49.5 Å². The van der Waals surface area contributed by atoms with E-state index < -0.39 is 0 Å². The third-order valence-electron chi connectivity index (χ3n) is 4.70. The smallest absolute Gasteiger partial charge is 0.257 e. The highest BCUT2D eigenvalue weighted by Crippen LogP contribution is 2.35. The van der Waals surface area contributed by atoms with E-state index in [-0.39, 0.29) is 12.2 Å². The number of carbonyl (C=O) groups is 1. The third kappa shape index (κ3) is 3.57. The number of carbonyl (C=O) groups excluding carboxylic acids is 1. The number of pyridine rings is 1. The zero-order valence-electron chi connectivity index (χ0n) is 14.7. The Morgan fingerprint density at radius 2 is 2.15 bits per heavy atom. The van der Waals surface area contributed by atoms with Crippen molar-refractivity contribution in [2.45, 2.75) is 32.0 Å². The molecule has 1 aromatic heterocycles. The van der Waals surface area contributed by atoms with Gasteiger partial charge in [0, 0.05) is 19.3 Å². The molecule has 1 unspecified atom stereocenters. The molecule has 0 bridgehead atoms. The molecular formula is C20H23N3O3. The molecule has 2 aliphatic rings. The Morgan fingerprint density at radius 1 is 1.23 bits per heavy atom. The van der Waals surface area contributed by atoms with Gasteiger partial charge in [0.2, 0.25) is 0 Å². The predicted octanol–water partition coefficient (Wildman–Crippen LogP) is 3.72. The van der Waals surface area contributed by atoms with Crippen LogP contribution in [0.5, 0.6) is 0 Å². The number of aromatic nitrogens is 1. The Labute approximate surface area is 153 Å². The van der Waals surface area contributed by atoms with E-state index >= 15 is 0 Å². The molecule has 0 saturated carbocycles. The highest BCUT2D eigenvalue weighted by molar-refractivity contribution is 6.11. The van der Waals surface area contributed by atoms with Gasteiger partial charge in [0.1, 0.15) is 0 Å². The van der Waals surface area contributed by atoms with Gasteiger partial charge in [-0.25, -0.2) is 4.98 Å². The fourth-order valence-electron chi connectivity index (χ4n) is 3.42. The second-order valence-corrected chi connectivity index (χ2v) is 6.52. The lowest BCUT2D eigenvalue weighted by molar-refractivity contribution is -0.162. The lowest BCUT2D eigenvalue weighted by Gasteiger charge is -2.26. The van der Waals surface area contributed by atoms with Crippen molar-refractivity contribution in [2.24, 2.45) is 0 Å². The van der Waals surface area contributed by atoms with E-state index in [1.807, 2.05) is 36.4 Å². The molecule has 1 aromatic carbocycles. The van der Waals surface area contributed by atoms with E-state index in [4.69, 9.17) is 9.47 Å². The van der Waals surface area contributed by atoms with Crippen LogP contribution in [0, 0.1) is 0 Å². The van der Waals surface area contributed by atoms with E-state index in [1.54, 1.807) is 6.20 Å². The number of hydrogen-bond donors (Lipinski definition) is 1. The molecule has 1 atom stereocenters. The van der Waals surface area contributed by atoms with Gasteiger partial charge in [-0.2, -0.15) is 0 Å². The van der Waals surface area contributed by atoms with Crippen LogP contribution in [0.4, 0.5) is 17.2 Å². The van der Waals surface area contributed by atoms with Gasteiger partial charge in [0.15, 0.2) is 12.1 Å². The van der Waals surface area contributed by atoms with Crippen LogP contribution in [0.2, 0.25) is 0 Å². The van der Waals surface area contributed by atoms with Crippen LogP contribution in [0.1, 0.15) is 36.0 Å². The number of rotatable bonds is 5. The van der Waals surface area contributed by atoms with Gasteiger partial charge < -0.3 is 19.7 Å². The Balaban J connectivity index is 1.50. The average Bonchev–Trinajstić information content (AvgIpc) is 2.81. The zero-order valence-corrected chi connectivity index (χ0v) is 14.7. The van der Waals surface area contributed by atoms with Crippen LogP contribution in [0.15, 0.2) is 42.6 Å². The number of nitrogens with one attached hydrogen (secondary N) is 1. The predicted molar refractivity (Wildman–Crippen MR) is 99.8 cm³/mol. The second-order valence-electron chi connectivity index (χ2n) is 6.52. The third-order valence-corrected chi connectivity index (χ3v) is 4.70. The van der Waals surface area contributed by atoms with Gasteiger partial charge in [-0.3, -0.25) is 4.79 Å². The van der Waals surface area contributed by atoms with Crippen molar-refractivity contribution < 1.29 is 14.3 Å². The lowest BCUT2D eigenvalue weighted by Crippen LogP contribution is -2.25. The molecule has 1 saturated heterocycles. The largest absolute Gasteiger partial charge is 0.353 e. The standard InChI is InChI=1S/C20H23N3O3/c24-20-15-7-1-2-9-17(15)23(19-16(22-20)8-5-11-21-19)12-6-14-26-18-10-3-4-13-25-18/h1-2,5,7-9,11,18H,3-4,6,10,12-14H2,(H,22,24). The molecule has 1 N–H and O–H groups in total. The molecule has 2 aliphatic heterocycles. The maximum atomic E-state index is 12.5. The maximum absolute atomic E-state index is 12.5. The minimum Gasteiger partial charge on any atom is -0.353 e. The van der Waals surface area contributed by atoms with Crippen molar-refractivity contribution >= 4 is 23.1 Å². The summed E-state index contributed by atoms with van der Waals surface area (Å²) in [6.45, 7) is 2.12. The molecular weight excluding hydrogens is 330 g/mol. The maximum Gasteiger partial charge on any atom is 0.257 e. The monoisotopic (exact) mass is 353 g/mol. The van der Waals surface area contributed by atoms with Crippen LogP contribution in [-0.2, 0) is 9.47 Å². The fraction of sp³-hybridized carbons (Fsp3) is 0.400. The van der Waals surface area contributed by atoms with Gasteiger partial charge >= 0.3 is 0 Å². The number of amides is 1. The summed E-state index contributed by atoms with van der Waals surface area (Å²) in [6, 6.07) is 11.3. The number of nitrogens with zero attached hydrogens (tertiary/aromatic N) is 2. The van der Waals surface area contributed by atoms with Crippen molar-refractivity contribution in [3.05, 3.63) is 48.2 Å². The minimum absolute atomic E-state index is 0.0752. The molecule has 3 heterocycles. The van der Waals surface area contributed by atoms with Crippen LogP contribution in [0.3, 0.4) is 0 Å². The molecule has 26 heavy (non-hydrogen) atoms. The number of ether oxygens (including phenoxy) is 2. The Kier molecular flexibility index (Phi) is 5.13. The van der Waals surface area contributed by atoms with Crippen molar-refractivity contribution in [3.8, 4) is 0 Å². The van der Waals surface area contributed by atoms with Crippen molar-refractivity contribution in [2.75, 3.05) is 30.0 Å². The summed E-state index contributed by atoms with van der Waals surface area (Å²) in [7, 11) is 0. The van der Waals surface area contributed by atoms with Crippen molar-refractivity contribution in [3.63, 3.8) is 0 Å². The van der Waals surface area contributed by atoms with Gasteiger partial charge in [-0.1, -0.05) is 12.1 Å². The second kappa shape index (κ2) is 7.85. The van der Waals surface area contributed by atoms with Gasteiger partial charge in [-0.05, 0) is 49.9 Å². The summed E-state index contributed by atoms with van der Waals surface area (Å²) in [5, 5.41) is 2.96. The SMILES string of the molecule is O=C1Nc2cccnc2N(CCCOC2CCCCO2)c2ccccc21. The summed E-state index contributed by atoms with van der Waals surface area (Å²) in [5.74, 6) is 0.656. The molecule has 6 nitrogen and oxygen atoms in total. The molecule has 0 radical (unpaired) electrons. The van der Waals surface area contributed by atoms with E-state index in [9.17, 15) is 4.79 Å². The summed E-state index contributed by atoms with van der Waals surface area (Å²) in [4.78, 5) is 19.1. The first-order valence-electron chi connectivity index (χ1n) is 9.19. The summed E-state index contributed by atoms with van der Waals surface area (Å²) in [6.07, 6.45) is 5.74. The van der Waals surface area contributed by atoms with Crippen LogP contribution >= 0.6 is 0 Å². The highest BCUT2D eigenvalue weighted by Gasteiger charge is 2.25. The van der Waals surface area contributed by atoms with Crippen molar-refractivity contribution in [1.29, 1.82) is 0 Å². The summed E-state index contributed by atoms with van der Waals surface area (Å²) in [5.41, 5.74) is 2.25. The molecule has 0 aliphatic carbocycles. The molecule has 1 amide bonds. The van der Waals surface area contributed by atoms with Crippen LogP contribution in [-0.4, -0.2) is 36.9 Å². The number of para-hydroxylation sites is 1. The molecule has 136 valence electrons. The number of hydrogen-bond acceptors (Lipinski definition) is 5. The fourth-order valence-corrected chi connectivity index (χ4v) is 3.42. The summed E-state index contributed by atoms with van der Waals surface area (Å²) >= 11 is 0. The lowest BCUT2D eigenvalue weighted by atomic mass is 10.1. The Morgan fingerprint density at radius 3 is 3.04 bits per heavy atom. The number of fused-ring (bicyclic) bond motifs is 2. The normalized spacial score (nSPS) is 19.3. The van der Waals surface area contributed by atoms with Gasteiger partial charge in [0.05, 0.1) is 23.5 Å². The first-order valence-corrected chi connectivity index (χ1v) is 9.19. The quantitative estimate of drug-likeness (QED) is 0.830. The van der Waals surface area contributed by atoms with Crippen LogP contribution in [0.25, 0.3) is 0 Å². The zero-order chi connectivity index (χ0) is 17.8. The molecule has 6 heteroatoms. The molecule has 0 spiro atoms. The summed E-state index contributed by atoms with van der Waals surface area (Å²) < 4.78 is 11.5. The minimum atomic E-state index is -0.107. The van der Waals surface area contributed by atoms with Gasteiger partial charge in [-0.15, -0.1) is 0 Å². The van der Waals surface area contributed by atoms with E-state index in [0.29, 0.717) is 18.7 Å². The first kappa shape index (κ1) is 17.0. The van der Waals surface area contributed by atoms with Crippen molar-refractivity contribution in [1.82, 2.24) is 4.98 Å². The molecule has 4 rings (SSSR count). The number of anilines is 3. The number of benzene rings is 1. The van der Waals surface area contributed by atoms with Gasteiger partial charge in [0.25, 0.3) is 5.91 Å². The van der Waals surface area contributed by atoms with E-state index in [1.165, 1.54) is 0 Å². The molecule has 2 aromatic rings. The first-order chi connectivity index (χ1) is 12.8. The Bertz CT molecular complexity index is 774. The topological polar surface area (TPSA) is 63.7 Å². The van der Waals surface area contributed by atoms with E-state index in [2.05, 4.69) is 15.2 Å². The highest BCUT2D eigenvalue weighted by atomic mass is 16.7. The van der Waals surface area contributed by atoms with Crippen LogP contribution < -0.4 is 10.2 Å². The Hall–Kier alpha value is -2.44. The molecule has 1 fully saturated rings.